The normalized spacial score (nSPS) is 21.8. The Morgan fingerprint density at radius 1 is 1.18 bits per heavy atom. The molecule has 156 valence electrons. The van der Waals surface area contributed by atoms with Crippen LogP contribution in [0.25, 0.3) is 0 Å². The smallest absolute Gasteiger partial charge is 0.191 e. The van der Waals surface area contributed by atoms with Gasteiger partial charge in [0.2, 0.25) is 0 Å². The lowest BCUT2D eigenvalue weighted by Gasteiger charge is -2.30. The number of anilines is 1. The molecule has 2 heterocycles. The van der Waals surface area contributed by atoms with Crippen LogP contribution in [0.5, 0.6) is 5.75 Å². The molecule has 28 heavy (non-hydrogen) atoms. The van der Waals surface area contributed by atoms with Crippen molar-refractivity contribution in [1.29, 1.82) is 0 Å². The van der Waals surface area contributed by atoms with Crippen LogP contribution in [0.4, 0.5) is 5.69 Å². The van der Waals surface area contributed by atoms with E-state index in [0.717, 1.165) is 50.1 Å². The van der Waals surface area contributed by atoms with E-state index in [1.807, 2.05) is 19.2 Å². The molecule has 2 aliphatic heterocycles. The van der Waals surface area contributed by atoms with Crippen molar-refractivity contribution in [2.45, 2.75) is 38.6 Å². The lowest BCUT2D eigenvalue weighted by Crippen LogP contribution is -2.45. The second kappa shape index (κ2) is 10.6. The van der Waals surface area contributed by atoms with E-state index in [9.17, 15) is 0 Å². The summed E-state index contributed by atoms with van der Waals surface area (Å²) in [7, 11) is 3.59. The molecule has 1 atom stereocenters. The Bertz CT molecular complexity index is 627. The van der Waals surface area contributed by atoms with Gasteiger partial charge >= 0.3 is 0 Å². The minimum atomic E-state index is 0.402. The monoisotopic (exact) mass is 387 g/mol. The first-order valence-corrected chi connectivity index (χ1v) is 10.8. The van der Waals surface area contributed by atoms with Crippen molar-refractivity contribution < 1.29 is 4.74 Å². The number of nitrogens with one attached hydrogen (secondary N) is 2. The van der Waals surface area contributed by atoms with Gasteiger partial charge in [0, 0.05) is 32.7 Å². The molecule has 0 aliphatic carbocycles. The number of guanidine groups is 1. The third-order valence-electron chi connectivity index (χ3n) is 6.00. The summed E-state index contributed by atoms with van der Waals surface area (Å²) in [6, 6.07) is 8.65. The highest BCUT2D eigenvalue weighted by Crippen LogP contribution is 2.30. The van der Waals surface area contributed by atoms with Crippen LogP contribution in [0.3, 0.4) is 0 Å². The van der Waals surface area contributed by atoms with Gasteiger partial charge in [-0.1, -0.05) is 19.1 Å². The van der Waals surface area contributed by atoms with Crippen LogP contribution in [0, 0.1) is 5.92 Å². The third kappa shape index (κ3) is 5.77. The SMILES string of the molecule is CN=C(NCCCN1CCC(C)CC1)NC1CCN(c2ccccc2OC)C1. The Morgan fingerprint density at radius 2 is 1.96 bits per heavy atom. The molecular weight excluding hydrogens is 350 g/mol. The number of aliphatic imine (C=N–C) groups is 1. The van der Waals surface area contributed by atoms with Gasteiger partial charge in [0.15, 0.2) is 5.96 Å². The van der Waals surface area contributed by atoms with Gasteiger partial charge in [-0.2, -0.15) is 0 Å². The number of piperidine rings is 1. The lowest BCUT2D eigenvalue weighted by molar-refractivity contribution is 0.191. The molecule has 0 amide bonds. The van der Waals surface area contributed by atoms with Crippen molar-refractivity contribution in [3.63, 3.8) is 0 Å². The van der Waals surface area contributed by atoms with Gasteiger partial charge in [-0.05, 0) is 63.4 Å². The van der Waals surface area contributed by atoms with E-state index in [2.05, 4.69) is 44.5 Å². The van der Waals surface area contributed by atoms with Crippen LogP contribution < -0.4 is 20.3 Å². The summed E-state index contributed by atoms with van der Waals surface area (Å²) in [5.74, 6) is 2.76. The minimum absolute atomic E-state index is 0.402. The largest absolute Gasteiger partial charge is 0.495 e. The van der Waals surface area contributed by atoms with E-state index < -0.39 is 0 Å². The van der Waals surface area contributed by atoms with Gasteiger partial charge < -0.3 is 25.2 Å². The first-order chi connectivity index (χ1) is 13.7. The molecule has 2 N–H and O–H groups in total. The minimum Gasteiger partial charge on any atom is -0.495 e. The van der Waals surface area contributed by atoms with Crippen LogP contribution in [-0.2, 0) is 0 Å². The van der Waals surface area contributed by atoms with Crippen LogP contribution in [0.1, 0.15) is 32.6 Å². The average molecular weight is 388 g/mol. The van der Waals surface area contributed by atoms with Crippen molar-refractivity contribution in [2.75, 3.05) is 58.3 Å². The molecule has 2 aliphatic rings. The van der Waals surface area contributed by atoms with Gasteiger partial charge in [-0.3, -0.25) is 4.99 Å². The Balaban J connectivity index is 1.38. The zero-order valence-electron chi connectivity index (χ0n) is 17.8. The molecule has 6 heteroatoms. The molecule has 0 aromatic heterocycles. The Kier molecular flexibility index (Phi) is 7.83. The van der Waals surface area contributed by atoms with Crippen molar-refractivity contribution in [3.05, 3.63) is 24.3 Å². The number of rotatable bonds is 7. The number of hydrogen-bond donors (Lipinski definition) is 2. The highest BCUT2D eigenvalue weighted by molar-refractivity contribution is 5.80. The van der Waals surface area contributed by atoms with E-state index in [-0.39, 0.29) is 0 Å². The highest BCUT2D eigenvalue weighted by atomic mass is 16.5. The van der Waals surface area contributed by atoms with Gasteiger partial charge in [0.25, 0.3) is 0 Å². The molecule has 2 fully saturated rings. The molecule has 1 unspecified atom stereocenters. The highest BCUT2D eigenvalue weighted by Gasteiger charge is 2.25. The van der Waals surface area contributed by atoms with Crippen molar-refractivity contribution >= 4 is 11.6 Å². The first-order valence-electron chi connectivity index (χ1n) is 10.8. The van der Waals surface area contributed by atoms with Crippen LogP contribution in [0.2, 0.25) is 0 Å². The summed E-state index contributed by atoms with van der Waals surface area (Å²) in [4.78, 5) is 9.40. The number of methoxy groups -OCH3 is 1. The number of likely N-dealkylation sites (tertiary alicyclic amines) is 1. The average Bonchev–Trinajstić information content (AvgIpc) is 3.20. The number of nitrogens with zero attached hydrogens (tertiary/aromatic N) is 3. The van der Waals surface area contributed by atoms with Crippen LogP contribution in [-0.4, -0.2) is 70.3 Å². The number of ether oxygens (including phenoxy) is 1. The van der Waals surface area contributed by atoms with Gasteiger partial charge in [-0.15, -0.1) is 0 Å². The van der Waals surface area contributed by atoms with E-state index in [0.29, 0.717) is 6.04 Å². The number of benzene rings is 1. The Morgan fingerprint density at radius 3 is 2.71 bits per heavy atom. The lowest BCUT2D eigenvalue weighted by atomic mass is 9.99. The van der Waals surface area contributed by atoms with E-state index in [4.69, 9.17) is 4.74 Å². The maximum Gasteiger partial charge on any atom is 0.191 e. The molecule has 0 saturated carbocycles. The molecule has 2 saturated heterocycles. The molecule has 1 aromatic carbocycles. The van der Waals surface area contributed by atoms with Gasteiger partial charge in [-0.25, -0.2) is 0 Å². The zero-order chi connectivity index (χ0) is 19.8. The fourth-order valence-corrected chi connectivity index (χ4v) is 4.17. The Hall–Kier alpha value is -1.95. The van der Waals surface area contributed by atoms with Gasteiger partial charge in [0.1, 0.15) is 5.75 Å². The van der Waals surface area contributed by atoms with Crippen LogP contribution in [0.15, 0.2) is 29.3 Å². The second-order valence-electron chi connectivity index (χ2n) is 8.12. The molecular formula is C22H37N5O. The summed E-state index contributed by atoms with van der Waals surface area (Å²) in [5.41, 5.74) is 1.17. The molecule has 0 spiro atoms. The third-order valence-corrected chi connectivity index (χ3v) is 6.00. The molecule has 0 bridgehead atoms. The number of hydrogen-bond acceptors (Lipinski definition) is 4. The molecule has 1 aromatic rings. The maximum absolute atomic E-state index is 5.51. The summed E-state index contributed by atoms with van der Waals surface area (Å²) >= 11 is 0. The van der Waals surface area contributed by atoms with Crippen molar-refractivity contribution in [1.82, 2.24) is 15.5 Å². The van der Waals surface area contributed by atoms with Crippen molar-refractivity contribution in [3.8, 4) is 5.75 Å². The molecule has 3 rings (SSSR count). The van der Waals surface area contributed by atoms with Gasteiger partial charge in [0.05, 0.1) is 12.8 Å². The molecule has 6 nitrogen and oxygen atoms in total. The summed E-state index contributed by atoms with van der Waals surface area (Å²) in [5, 5.41) is 7.08. The van der Waals surface area contributed by atoms with Crippen molar-refractivity contribution in [2.24, 2.45) is 10.9 Å². The van der Waals surface area contributed by atoms with Crippen LogP contribution >= 0.6 is 0 Å². The summed E-state index contributed by atoms with van der Waals surface area (Å²) < 4.78 is 5.51. The summed E-state index contributed by atoms with van der Waals surface area (Å²) in [6.45, 7) is 9.03. The quantitative estimate of drug-likeness (QED) is 0.428. The zero-order valence-corrected chi connectivity index (χ0v) is 17.8. The van der Waals surface area contributed by atoms with E-state index in [1.54, 1.807) is 7.11 Å². The Labute approximate surface area is 170 Å². The molecule has 0 radical (unpaired) electrons. The predicted molar refractivity (Wildman–Crippen MR) is 118 cm³/mol. The first kappa shape index (κ1) is 20.8. The summed E-state index contributed by atoms with van der Waals surface area (Å²) in [6.07, 6.45) is 4.96. The fraction of sp³-hybridized carbons (Fsp3) is 0.682. The fourth-order valence-electron chi connectivity index (χ4n) is 4.17. The standard InChI is InChI=1S/C22H37N5O/c1-18-9-14-26(15-10-18)13-6-12-24-22(23-2)25-19-11-16-27(17-19)20-7-4-5-8-21(20)28-3/h4-5,7-8,18-19H,6,9-17H2,1-3H3,(H2,23,24,25). The van der Waals surface area contributed by atoms with E-state index >= 15 is 0 Å². The topological polar surface area (TPSA) is 52.1 Å². The number of para-hydroxylation sites is 2. The maximum atomic E-state index is 5.51. The second-order valence-corrected chi connectivity index (χ2v) is 8.12. The van der Waals surface area contributed by atoms with E-state index in [1.165, 1.54) is 38.2 Å². The predicted octanol–water partition coefficient (Wildman–Crippen LogP) is 2.56.